The number of hydrogen-bond donors (Lipinski definition) is 2. The number of nitrogens with one attached hydrogen (secondary N) is 2. The van der Waals surface area contributed by atoms with Crippen molar-refractivity contribution in [3.05, 3.63) is 64.7 Å². The molecule has 0 unspecified atom stereocenters. The van der Waals surface area contributed by atoms with Gasteiger partial charge in [-0.2, -0.15) is 0 Å². The standard InChI is InChI=1S/C21H26ClN3O2/c1-25(2)19-11-5-16(6-12-19)4-3-14-23-20(26)13-15-24-21(27)17-7-9-18(22)10-8-17/h5-12H,3-4,13-15H2,1-2H3,(H,23,26)(H,24,27). The quantitative estimate of drug-likeness (QED) is 0.649. The van der Waals surface area contributed by atoms with Crippen LogP contribution in [-0.2, 0) is 11.2 Å². The molecule has 27 heavy (non-hydrogen) atoms. The first-order valence-electron chi connectivity index (χ1n) is 9.02. The molecule has 0 heterocycles. The van der Waals surface area contributed by atoms with Gasteiger partial charge in [0.2, 0.25) is 5.91 Å². The van der Waals surface area contributed by atoms with Gasteiger partial charge in [0.25, 0.3) is 5.91 Å². The van der Waals surface area contributed by atoms with Crippen LogP contribution in [0.25, 0.3) is 0 Å². The Hall–Kier alpha value is -2.53. The minimum absolute atomic E-state index is 0.0608. The van der Waals surface area contributed by atoms with Crippen LogP contribution >= 0.6 is 11.6 Å². The summed E-state index contributed by atoms with van der Waals surface area (Å²) in [6, 6.07) is 15.1. The molecule has 0 aliphatic carbocycles. The number of anilines is 1. The second-order valence-corrected chi connectivity index (χ2v) is 6.96. The van der Waals surface area contributed by atoms with Crippen LogP contribution in [-0.4, -0.2) is 39.0 Å². The summed E-state index contributed by atoms with van der Waals surface area (Å²) in [7, 11) is 4.03. The molecule has 0 atom stereocenters. The van der Waals surface area contributed by atoms with Crippen LogP contribution in [0.4, 0.5) is 5.69 Å². The lowest BCUT2D eigenvalue weighted by Crippen LogP contribution is -2.31. The number of amides is 2. The molecule has 0 radical (unpaired) electrons. The van der Waals surface area contributed by atoms with Gasteiger partial charge >= 0.3 is 0 Å². The lowest BCUT2D eigenvalue weighted by molar-refractivity contribution is -0.120. The number of halogens is 1. The highest BCUT2D eigenvalue weighted by molar-refractivity contribution is 6.30. The molecule has 0 aliphatic heterocycles. The average Bonchev–Trinajstić information content (AvgIpc) is 2.66. The predicted octanol–water partition coefficient (Wildman–Crippen LogP) is 3.27. The highest BCUT2D eigenvalue weighted by Gasteiger charge is 2.06. The third-order valence-electron chi connectivity index (χ3n) is 4.16. The summed E-state index contributed by atoms with van der Waals surface area (Å²) in [5.41, 5.74) is 2.96. The first-order chi connectivity index (χ1) is 13.0. The lowest BCUT2D eigenvalue weighted by Gasteiger charge is -2.12. The van der Waals surface area contributed by atoms with Gasteiger partial charge in [0.15, 0.2) is 0 Å². The molecule has 0 aliphatic rings. The maximum atomic E-state index is 11.9. The molecular formula is C21H26ClN3O2. The smallest absolute Gasteiger partial charge is 0.251 e. The number of benzene rings is 2. The largest absolute Gasteiger partial charge is 0.378 e. The fourth-order valence-corrected chi connectivity index (χ4v) is 2.69. The first kappa shape index (κ1) is 20.8. The number of hydrogen-bond acceptors (Lipinski definition) is 3. The molecule has 5 nitrogen and oxygen atoms in total. The highest BCUT2D eigenvalue weighted by Crippen LogP contribution is 2.13. The Labute approximate surface area is 165 Å². The summed E-state index contributed by atoms with van der Waals surface area (Å²) in [4.78, 5) is 25.8. The average molecular weight is 388 g/mol. The van der Waals surface area contributed by atoms with Crippen molar-refractivity contribution >= 4 is 29.1 Å². The molecule has 2 N–H and O–H groups in total. The molecule has 2 aromatic carbocycles. The molecule has 0 aromatic heterocycles. The van der Waals surface area contributed by atoms with E-state index in [-0.39, 0.29) is 18.2 Å². The Balaban J connectivity index is 1.59. The molecule has 6 heteroatoms. The fraction of sp³-hybridized carbons (Fsp3) is 0.333. The van der Waals surface area contributed by atoms with Crippen LogP contribution in [0.2, 0.25) is 5.02 Å². The van der Waals surface area contributed by atoms with E-state index >= 15 is 0 Å². The fourth-order valence-electron chi connectivity index (χ4n) is 2.56. The second-order valence-electron chi connectivity index (χ2n) is 6.53. The molecular weight excluding hydrogens is 362 g/mol. The Morgan fingerprint density at radius 2 is 1.59 bits per heavy atom. The lowest BCUT2D eigenvalue weighted by atomic mass is 10.1. The van der Waals surface area contributed by atoms with Gasteiger partial charge < -0.3 is 15.5 Å². The number of aryl methyl sites for hydroxylation is 1. The van der Waals surface area contributed by atoms with Crippen molar-refractivity contribution in [3.8, 4) is 0 Å². The van der Waals surface area contributed by atoms with Crippen LogP contribution in [0.3, 0.4) is 0 Å². The molecule has 144 valence electrons. The summed E-state index contributed by atoms with van der Waals surface area (Å²) in [6.45, 7) is 0.929. The Bertz CT molecular complexity index is 743. The minimum Gasteiger partial charge on any atom is -0.378 e. The number of carbonyl (C=O) groups excluding carboxylic acids is 2. The summed E-state index contributed by atoms with van der Waals surface area (Å²) in [6.07, 6.45) is 2.06. The van der Waals surface area contributed by atoms with E-state index in [0.29, 0.717) is 23.7 Å². The van der Waals surface area contributed by atoms with Gasteiger partial charge in [-0.15, -0.1) is 0 Å². The van der Waals surface area contributed by atoms with Gasteiger partial charge in [-0.05, 0) is 54.8 Å². The van der Waals surface area contributed by atoms with Gasteiger partial charge in [-0.1, -0.05) is 23.7 Å². The molecule has 0 bridgehead atoms. The van der Waals surface area contributed by atoms with Crippen molar-refractivity contribution in [1.82, 2.24) is 10.6 Å². The van der Waals surface area contributed by atoms with Gasteiger partial charge in [0.05, 0.1) is 0 Å². The van der Waals surface area contributed by atoms with Crippen LogP contribution < -0.4 is 15.5 Å². The topological polar surface area (TPSA) is 61.4 Å². The molecule has 0 saturated heterocycles. The SMILES string of the molecule is CN(C)c1ccc(CCCNC(=O)CCNC(=O)c2ccc(Cl)cc2)cc1. The number of rotatable bonds is 9. The Morgan fingerprint density at radius 1 is 0.926 bits per heavy atom. The van der Waals surface area contributed by atoms with Crippen molar-refractivity contribution < 1.29 is 9.59 Å². The van der Waals surface area contributed by atoms with Gasteiger partial charge in [0, 0.05) is 49.9 Å². The Morgan fingerprint density at radius 3 is 2.22 bits per heavy atom. The van der Waals surface area contributed by atoms with Crippen molar-refractivity contribution in [1.29, 1.82) is 0 Å². The number of carbonyl (C=O) groups is 2. The van der Waals surface area contributed by atoms with E-state index in [1.165, 1.54) is 11.3 Å². The summed E-state index contributed by atoms with van der Waals surface area (Å²) in [5.74, 6) is -0.269. The molecule has 2 rings (SSSR count). The van der Waals surface area contributed by atoms with Crippen molar-refractivity contribution in [2.75, 3.05) is 32.1 Å². The molecule has 2 aromatic rings. The highest BCUT2D eigenvalue weighted by atomic mass is 35.5. The molecule has 2 amide bonds. The van der Waals surface area contributed by atoms with E-state index in [1.54, 1.807) is 24.3 Å². The van der Waals surface area contributed by atoms with Crippen LogP contribution in [0.1, 0.15) is 28.8 Å². The van der Waals surface area contributed by atoms with E-state index in [9.17, 15) is 9.59 Å². The van der Waals surface area contributed by atoms with Crippen LogP contribution in [0.5, 0.6) is 0 Å². The number of nitrogens with zero attached hydrogens (tertiary/aromatic N) is 1. The molecule has 0 spiro atoms. The monoisotopic (exact) mass is 387 g/mol. The van der Waals surface area contributed by atoms with Crippen molar-refractivity contribution in [3.63, 3.8) is 0 Å². The Kier molecular flexibility index (Phi) is 8.14. The third-order valence-corrected chi connectivity index (χ3v) is 4.41. The third kappa shape index (κ3) is 7.31. The van der Waals surface area contributed by atoms with Crippen molar-refractivity contribution in [2.24, 2.45) is 0 Å². The maximum Gasteiger partial charge on any atom is 0.251 e. The molecule has 0 saturated carbocycles. The van der Waals surface area contributed by atoms with E-state index in [1.807, 2.05) is 14.1 Å². The summed E-state index contributed by atoms with van der Waals surface area (Å²) >= 11 is 5.79. The zero-order valence-electron chi connectivity index (χ0n) is 15.8. The van der Waals surface area contributed by atoms with E-state index < -0.39 is 0 Å². The summed E-state index contributed by atoms with van der Waals surface area (Å²) < 4.78 is 0. The maximum absolute atomic E-state index is 11.9. The van der Waals surface area contributed by atoms with E-state index in [0.717, 1.165) is 12.8 Å². The van der Waals surface area contributed by atoms with Crippen molar-refractivity contribution in [2.45, 2.75) is 19.3 Å². The van der Waals surface area contributed by atoms with Crippen LogP contribution in [0.15, 0.2) is 48.5 Å². The zero-order chi connectivity index (χ0) is 19.6. The zero-order valence-corrected chi connectivity index (χ0v) is 16.6. The van der Waals surface area contributed by atoms with E-state index in [4.69, 9.17) is 11.6 Å². The van der Waals surface area contributed by atoms with Gasteiger partial charge in [0.1, 0.15) is 0 Å². The van der Waals surface area contributed by atoms with Gasteiger partial charge in [-0.25, -0.2) is 0 Å². The van der Waals surface area contributed by atoms with Crippen LogP contribution in [0, 0.1) is 0 Å². The second kappa shape index (κ2) is 10.6. The normalized spacial score (nSPS) is 10.3. The summed E-state index contributed by atoms with van der Waals surface area (Å²) in [5, 5.41) is 6.20. The van der Waals surface area contributed by atoms with Gasteiger partial charge in [-0.3, -0.25) is 9.59 Å². The first-order valence-corrected chi connectivity index (χ1v) is 9.40. The minimum atomic E-state index is -0.208. The molecule has 0 fully saturated rings. The predicted molar refractivity (Wildman–Crippen MR) is 111 cm³/mol. The van der Waals surface area contributed by atoms with E-state index in [2.05, 4.69) is 39.8 Å².